The van der Waals surface area contributed by atoms with Crippen LogP contribution in [-0.4, -0.2) is 39.2 Å². The summed E-state index contributed by atoms with van der Waals surface area (Å²) in [7, 11) is 3.35. The van der Waals surface area contributed by atoms with Crippen molar-refractivity contribution in [1.29, 1.82) is 0 Å². The molecule has 1 aliphatic heterocycles. The second kappa shape index (κ2) is 8.43. The van der Waals surface area contributed by atoms with Crippen molar-refractivity contribution in [3.8, 4) is 11.5 Å². The molecule has 0 aliphatic carbocycles. The number of anilines is 2. The number of nitrogens with zero attached hydrogens (tertiary/aromatic N) is 1. The van der Waals surface area contributed by atoms with E-state index in [0.29, 0.717) is 36.7 Å². The van der Waals surface area contributed by atoms with E-state index in [4.69, 9.17) is 9.47 Å². The van der Waals surface area contributed by atoms with E-state index in [9.17, 15) is 9.59 Å². The second-order valence-electron chi connectivity index (χ2n) is 7.70. The molecule has 0 spiro atoms. The van der Waals surface area contributed by atoms with Gasteiger partial charge in [-0.2, -0.15) is 0 Å². The highest BCUT2D eigenvalue weighted by Gasteiger charge is 2.36. The minimum Gasteiger partial charge on any atom is -0.497 e. The Kier molecular flexibility index (Phi) is 5.96. The largest absolute Gasteiger partial charge is 0.497 e. The Hall–Kier alpha value is -3.22. The quantitative estimate of drug-likeness (QED) is 0.810. The normalized spacial score (nSPS) is 15.0. The molecule has 0 aromatic heterocycles. The van der Waals surface area contributed by atoms with Crippen LogP contribution in [0.3, 0.4) is 0 Å². The lowest BCUT2D eigenvalue weighted by Crippen LogP contribution is -2.39. The third-order valence-electron chi connectivity index (χ3n) is 4.91. The van der Waals surface area contributed by atoms with Crippen molar-refractivity contribution in [3.63, 3.8) is 0 Å². The summed E-state index contributed by atoms with van der Waals surface area (Å²) in [5.74, 6) is 1.40. The molecule has 3 amide bonds. The first-order valence-corrected chi connectivity index (χ1v) is 9.53. The SMILES string of the molecule is COc1ccc(CCNC(=O)Nc2ccc3c(c2)N(C)C(=O)C(C)(C)CO3)cc1. The number of rotatable bonds is 5. The molecule has 0 fully saturated rings. The van der Waals surface area contributed by atoms with E-state index in [1.807, 2.05) is 38.1 Å². The summed E-state index contributed by atoms with van der Waals surface area (Å²) in [6.07, 6.45) is 0.710. The molecule has 154 valence electrons. The van der Waals surface area contributed by atoms with Crippen molar-refractivity contribution in [2.45, 2.75) is 20.3 Å². The van der Waals surface area contributed by atoms with Crippen molar-refractivity contribution in [1.82, 2.24) is 5.32 Å². The first-order chi connectivity index (χ1) is 13.8. The fourth-order valence-electron chi connectivity index (χ4n) is 3.15. The number of carbonyl (C=O) groups is 2. The lowest BCUT2D eigenvalue weighted by Gasteiger charge is -2.24. The third-order valence-corrected chi connectivity index (χ3v) is 4.91. The fraction of sp³-hybridized carbons (Fsp3) is 0.364. The van der Waals surface area contributed by atoms with Crippen molar-refractivity contribution in [2.75, 3.05) is 37.5 Å². The maximum absolute atomic E-state index is 12.6. The number of nitrogens with one attached hydrogen (secondary N) is 2. The van der Waals surface area contributed by atoms with Gasteiger partial charge in [0.2, 0.25) is 5.91 Å². The molecular formula is C22H27N3O4. The van der Waals surface area contributed by atoms with E-state index in [1.165, 1.54) is 0 Å². The Morgan fingerprint density at radius 3 is 2.62 bits per heavy atom. The van der Waals surface area contributed by atoms with Gasteiger partial charge in [-0.15, -0.1) is 0 Å². The molecule has 0 saturated carbocycles. The zero-order chi connectivity index (χ0) is 21.0. The van der Waals surface area contributed by atoms with Crippen molar-refractivity contribution >= 4 is 23.3 Å². The zero-order valence-electron chi connectivity index (χ0n) is 17.2. The van der Waals surface area contributed by atoms with Crippen molar-refractivity contribution < 1.29 is 19.1 Å². The van der Waals surface area contributed by atoms with E-state index in [2.05, 4.69) is 10.6 Å². The third kappa shape index (κ3) is 4.80. The average molecular weight is 397 g/mol. The van der Waals surface area contributed by atoms with E-state index < -0.39 is 5.41 Å². The summed E-state index contributed by atoms with van der Waals surface area (Å²) in [6, 6.07) is 12.7. The monoisotopic (exact) mass is 397 g/mol. The summed E-state index contributed by atoms with van der Waals surface area (Å²) in [5.41, 5.74) is 1.72. The number of carbonyl (C=O) groups excluding carboxylic acids is 2. The van der Waals surface area contributed by atoms with Crippen LogP contribution in [0.25, 0.3) is 0 Å². The predicted octanol–water partition coefficient (Wildman–Crippen LogP) is 3.44. The maximum Gasteiger partial charge on any atom is 0.319 e. The Morgan fingerprint density at radius 1 is 1.21 bits per heavy atom. The maximum atomic E-state index is 12.6. The molecule has 2 N–H and O–H groups in total. The lowest BCUT2D eigenvalue weighted by atomic mass is 9.93. The van der Waals surface area contributed by atoms with Gasteiger partial charge in [-0.3, -0.25) is 4.79 Å². The molecule has 0 bridgehead atoms. The summed E-state index contributed by atoms with van der Waals surface area (Å²) in [4.78, 5) is 26.4. The van der Waals surface area contributed by atoms with Gasteiger partial charge in [0.1, 0.15) is 18.1 Å². The molecule has 1 heterocycles. The van der Waals surface area contributed by atoms with Crippen LogP contribution < -0.4 is 25.0 Å². The molecule has 0 unspecified atom stereocenters. The van der Waals surface area contributed by atoms with Gasteiger partial charge in [0.15, 0.2) is 0 Å². The topological polar surface area (TPSA) is 79.9 Å². The summed E-state index contributed by atoms with van der Waals surface area (Å²) in [5, 5.41) is 5.65. The molecular weight excluding hydrogens is 370 g/mol. The first-order valence-electron chi connectivity index (χ1n) is 9.53. The number of amides is 3. The van der Waals surface area contributed by atoms with Crippen LogP contribution in [0.1, 0.15) is 19.4 Å². The van der Waals surface area contributed by atoms with Gasteiger partial charge in [0, 0.05) is 19.3 Å². The van der Waals surface area contributed by atoms with Crippen LogP contribution in [0.5, 0.6) is 11.5 Å². The number of fused-ring (bicyclic) bond motifs is 1. The predicted molar refractivity (Wildman–Crippen MR) is 113 cm³/mol. The molecule has 7 nitrogen and oxygen atoms in total. The summed E-state index contributed by atoms with van der Waals surface area (Å²) >= 11 is 0. The van der Waals surface area contributed by atoms with Crippen molar-refractivity contribution in [3.05, 3.63) is 48.0 Å². The first kappa shape index (κ1) is 20.5. The fourth-order valence-corrected chi connectivity index (χ4v) is 3.15. The molecule has 0 radical (unpaired) electrons. The van der Waals surface area contributed by atoms with Gasteiger partial charge in [-0.05, 0) is 56.2 Å². The van der Waals surface area contributed by atoms with Gasteiger partial charge >= 0.3 is 6.03 Å². The highest BCUT2D eigenvalue weighted by atomic mass is 16.5. The number of methoxy groups -OCH3 is 1. The van der Waals surface area contributed by atoms with Crippen molar-refractivity contribution in [2.24, 2.45) is 5.41 Å². The van der Waals surface area contributed by atoms with Gasteiger partial charge < -0.3 is 25.0 Å². The molecule has 0 atom stereocenters. The van der Waals surface area contributed by atoms with Gasteiger partial charge in [-0.25, -0.2) is 4.79 Å². The number of urea groups is 1. The molecule has 3 rings (SSSR count). The molecule has 29 heavy (non-hydrogen) atoms. The molecule has 2 aromatic carbocycles. The summed E-state index contributed by atoms with van der Waals surface area (Å²) < 4.78 is 10.9. The van der Waals surface area contributed by atoms with E-state index in [0.717, 1.165) is 11.3 Å². The summed E-state index contributed by atoms with van der Waals surface area (Å²) in [6.45, 7) is 4.51. The standard InChI is InChI=1S/C22H27N3O4/c1-22(2)14-29-19-10-7-16(13-18(19)25(3)20(22)26)24-21(27)23-12-11-15-5-8-17(28-4)9-6-15/h5-10,13H,11-12,14H2,1-4H3,(H2,23,24,27). The average Bonchev–Trinajstić information content (AvgIpc) is 2.79. The Morgan fingerprint density at radius 2 is 1.93 bits per heavy atom. The molecule has 2 aromatic rings. The minimum atomic E-state index is -0.611. The van der Waals surface area contributed by atoms with Crippen LogP contribution in [0.2, 0.25) is 0 Å². The number of hydrogen-bond donors (Lipinski definition) is 2. The van der Waals surface area contributed by atoms with E-state index >= 15 is 0 Å². The van der Waals surface area contributed by atoms with Crippen LogP contribution >= 0.6 is 0 Å². The highest BCUT2D eigenvalue weighted by Crippen LogP contribution is 2.37. The Bertz CT molecular complexity index is 893. The number of benzene rings is 2. The Balaban J connectivity index is 1.58. The minimum absolute atomic E-state index is 0.0302. The Labute approximate surface area is 171 Å². The van der Waals surface area contributed by atoms with Crippen LogP contribution in [0.4, 0.5) is 16.2 Å². The second-order valence-corrected chi connectivity index (χ2v) is 7.70. The van der Waals surface area contributed by atoms with Gasteiger partial charge in [0.05, 0.1) is 18.2 Å². The van der Waals surface area contributed by atoms with Crippen LogP contribution in [0, 0.1) is 5.41 Å². The highest BCUT2D eigenvalue weighted by molar-refractivity contribution is 6.00. The van der Waals surface area contributed by atoms with Gasteiger partial charge in [-0.1, -0.05) is 12.1 Å². The molecule has 7 heteroatoms. The molecule has 1 aliphatic rings. The van der Waals surface area contributed by atoms with Gasteiger partial charge in [0.25, 0.3) is 0 Å². The molecule has 0 saturated heterocycles. The van der Waals surface area contributed by atoms with Crippen LogP contribution in [0.15, 0.2) is 42.5 Å². The van der Waals surface area contributed by atoms with Crippen LogP contribution in [-0.2, 0) is 11.2 Å². The smallest absolute Gasteiger partial charge is 0.319 e. The number of ether oxygens (including phenoxy) is 2. The van der Waals surface area contributed by atoms with E-state index in [1.54, 1.807) is 37.3 Å². The number of hydrogen-bond acceptors (Lipinski definition) is 4. The zero-order valence-corrected chi connectivity index (χ0v) is 17.2. The van der Waals surface area contributed by atoms with E-state index in [-0.39, 0.29) is 11.9 Å². The lowest BCUT2D eigenvalue weighted by molar-refractivity contribution is -0.127.